The lowest BCUT2D eigenvalue weighted by atomic mass is 10.4. The first-order valence-electron chi connectivity index (χ1n) is 4.33. The number of hydrogen-bond donors (Lipinski definition) is 1. The monoisotopic (exact) mass is 204 g/mol. The molecule has 1 aliphatic rings. The van der Waals surface area contributed by atoms with E-state index in [4.69, 9.17) is 12.2 Å². The smallest absolute Gasteiger partial charge is 0.168 e. The molecule has 1 aliphatic heterocycles. The molecular weight excluding hydrogens is 188 g/mol. The summed E-state index contributed by atoms with van der Waals surface area (Å²) in [6.07, 6.45) is 3.44. The third kappa shape index (κ3) is 2.52. The van der Waals surface area contributed by atoms with Gasteiger partial charge in [0.1, 0.15) is 0 Å². The molecular formula is C8H16N2S2. The normalized spacial score (nSPS) is 22.8. The van der Waals surface area contributed by atoms with Crippen LogP contribution in [0.3, 0.4) is 0 Å². The molecule has 1 unspecified atom stereocenters. The first kappa shape index (κ1) is 10.1. The Bertz CT molecular complexity index is 161. The maximum Gasteiger partial charge on any atom is 0.168 e. The van der Waals surface area contributed by atoms with Gasteiger partial charge in [-0.2, -0.15) is 11.8 Å². The molecule has 4 heteroatoms. The minimum atomic E-state index is 0.779. The molecule has 0 aromatic rings. The van der Waals surface area contributed by atoms with Crippen LogP contribution in [0.4, 0.5) is 0 Å². The molecule has 0 amide bonds. The highest BCUT2D eigenvalue weighted by Gasteiger charge is 2.22. The van der Waals surface area contributed by atoms with Gasteiger partial charge in [0, 0.05) is 24.9 Å². The second kappa shape index (κ2) is 4.92. The SMILES string of the molecule is CCNC(=S)N1CCC(SC)C1. The van der Waals surface area contributed by atoms with Crippen molar-refractivity contribution in [1.29, 1.82) is 0 Å². The molecule has 0 bridgehead atoms. The van der Waals surface area contributed by atoms with Gasteiger partial charge in [0.15, 0.2) is 5.11 Å². The summed E-state index contributed by atoms with van der Waals surface area (Å²) in [6, 6.07) is 0. The van der Waals surface area contributed by atoms with Crippen molar-refractivity contribution in [3.8, 4) is 0 Å². The van der Waals surface area contributed by atoms with E-state index in [1.165, 1.54) is 6.42 Å². The molecule has 1 atom stereocenters. The quantitative estimate of drug-likeness (QED) is 0.682. The second-order valence-electron chi connectivity index (χ2n) is 2.93. The molecule has 0 spiro atoms. The maximum atomic E-state index is 5.22. The van der Waals surface area contributed by atoms with E-state index in [-0.39, 0.29) is 0 Å². The molecule has 1 fully saturated rings. The highest BCUT2D eigenvalue weighted by Crippen LogP contribution is 2.19. The Morgan fingerprint density at radius 2 is 2.50 bits per heavy atom. The summed E-state index contributed by atoms with van der Waals surface area (Å²) in [7, 11) is 0. The number of hydrogen-bond acceptors (Lipinski definition) is 2. The van der Waals surface area contributed by atoms with Gasteiger partial charge in [-0.3, -0.25) is 0 Å². The van der Waals surface area contributed by atoms with E-state index in [1.807, 2.05) is 11.8 Å². The lowest BCUT2D eigenvalue weighted by Gasteiger charge is -2.19. The van der Waals surface area contributed by atoms with Crippen molar-refractivity contribution in [2.45, 2.75) is 18.6 Å². The Balaban J connectivity index is 2.31. The number of nitrogens with zero attached hydrogens (tertiary/aromatic N) is 1. The third-order valence-corrected chi connectivity index (χ3v) is 3.55. The van der Waals surface area contributed by atoms with Crippen molar-refractivity contribution in [3.05, 3.63) is 0 Å². The van der Waals surface area contributed by atoms with Crippen LogP contribution < -0.4 is 5.32 Å². The molecule has 70 valence electrons. The van der Waals surface area contributed by atoms with Gasteiger partial charge in [-0.1, -0.05) is 0 Å². The minimum Gasteiger partial charge on any atom is -0.363 e. The fourth-order valence-electron chi connectivity index (χ4n) is 1.37. The van der Waals surface area contributed by atoms with Crippen LogP contribution in [-0.4, -0.2) is 41.2 Å². The molecule has 0 aromatic carbocycles. The van der Waals surface area contributed by atoms with Crippen LogP contribution in [0.1, 0.15) is 13.3 Å². The highest BCUT2D eigenvalue weighted by atomic mass is 32.2. The van der Waals surface area contributed by atoms with Gasteiger partial charge < -0.3 is 10.2 Å². The van der Waals surface area contributed by atoms with Gasteiger partial charge in [0.25, 0.3) is 0 Å². The number of likely N-dealkylation sites (tertiary alicyclic amines) is 1. The summed E-state index contributed by atoms with van der Waals surface area (Å²) in [5.41, 5.74) is 0. The van der Waals surface area contributed by atoms with Gasteiger partial charge in [0.05, 0.1) is 0 Å². The summed E-state index contributed by atoms with van der Waals surface area (Å²) >= 11 is 7.16. The summed E-state index contributed by atoms with van der Waals surface area (Å²) in [5.74, 6) is 0. The second-order valence-corrected chi connectivity index (χ2v) is 4.45. The van der Waals surface area contributed by atoms with Crippen LogP contribution >= 0.6 is 24.0 Å². The highest BCUT2D eigenvalue weighted by molar-refractivity contribution is 7.99. The van der Waals surface area contributed by atoms with E-state index in [2.05, 4.69) is 23.4 Å². The van der Waals surface area contributed by atoms with Gasteiger partial charge in [-0.05, 0) is 31.8 Å². The first-order chi connectivity index (χ1) is 5.77. The average Bonchev–Trinajstić information content (AvgIpc) is 2.52. The Kier molecular flexibility index (Phi) is 4.15. The standard InChI is InChI=1S/C8H16N2S2/c1-3-9-8(11)10-5-4-7(6-10)12-2/h7H,3-6H2,1-2H3,(H,9,11). The lowest BCUT2D eigenvalue weighted by molar-refractivity contribution is 0.510. The predicted octanol–water partition coefficient (Wildman–Crippen LogP) is 1.32. The summed E-state index contributed by atoms with van der Waals surface area (Å²) < 4.78 is 0. The van der Waals surface area contributed by atoms with E-state index in [0.29, 0.717) is 0 Å². The molecule has 0 radical (unpaired) electrons. The van der Waals surface area contributed by atoms with Crippen LogP contribution in [0, 0.1) is 0 Å². The number of thiocarbonyl (C=S) groups is 1. The topological polar surface area (TPSA) is 15.3 Å². The molecule has 0 aromatic heterocycles. The van der Waals surface area contributed by atoms with Crippen molar-refractivity contribution in [1.82, 2.24) is 10.2 Å². The van der Waals surface area contributed by atoms with Crippen LogP contribution in [0.5, 0.6) is 0 Å². The summed E-state index contributed by atoms with van der Waals surface area (Å²) in [4.78, 5) is 2.26. The van der Waals surface area contributed by atoms with E-state index >= 15 is 0 Å². The molecule has 1 heterocycles. The Morgan fingerprint density at radius 1 is 1.75 bits per heavy atom. The largest absolute Gasteiger partial charge is 0.363 e. The van der Waals surface area contributed by atoms with E-state index in [9.17, 15) is 0 Å². The van der Waals surface area contributed by atoms with Crippen LogP contribution in [-0.2, 0) is 0 Å². The zero-order valence-corrected chi connectivity index (χ0v) is 9.30. The van der Waals surface area contributed by atoms with Gasteiger partial charge in [-0.25, -0.2) is 0 Å². The summed E-state index contributed by atoms with van der Waals surface area (Å²) in [6.45, 7) is 5.25. The zero-order valence-electron chi connectivity index (χ0n) is 7.67. The van der Waals surface area contributed by atoms with E-state index in [1.54, 1.807) is 0 Å². The van der Waals surface area contributed by atoms with Crippen molar-refractivity contribution >= 4 is 29.1 Å². The number of nitrogens with one attached hydrogen (secondary N) is 1. The van der Waals surface area contributed by atoms with Gasteiger partial charge >= 0.3 is 0 Å². The minimum absolute atomic E-state index is 0.779. The number of rotatable bonds is 2. The lowest BCUT2D eigenvalue weighted by Crippen LogP contribution is -2.38. The molecule has 2 nitrogen and oxygen atoms in total. The Labute approximate surface area is 84.1 Å². The predicted molar refractivity (Wildman–Crippen MR) is 59.8 cm³/mol. The van der Waals surface area contributed by atoms with Crippen LogP contribution in [0.2, 0.25) is 0 Å². The molecule has 0 saturated carbocycles. The van der Waals surface area contributed by atoms with Crippen LogP contribution in [0.25, 0.3) is 0 Å². The fraction of sp³-hybridized carbons (Fsp3) is 0.875. The van der Waals surface area contributed by atoms with Crippen molar-refractivity contribution in [2.24, 2.45) is 0 Å². The summed E-state index contributed by atoms with van der Waals surface area (Å²) in [5, 5.41) is 4.88. The fourth-order valence-corrected chi connectivity index (χ4v) is 2.35. The van der Waals surface area contributed by atoms with Crippen molar-refractivity contribution in [2.75, 3.05) is 25.9 Å². The Morgan fingerprint density at radius 3 is 3.00 bits per heavy atom. The molecule has 1 saturated heterocycles. The van der Waals surface area contributed by atoms with Crippen LogP contribution in [0.15, 0.2) is 0 Å². The first-order valence-corrected chi connectivity index (χ1v) is 6.03. The average molecular weight is 204 g/mol. The molecule has 1 rings (SSSR count). The van der Waals surface area contributed by atoms with E-state index < -0.39 is 0 Å². The Hall–Kier alpha value is 0.0400. The van der Waals surface area contributed by atoms with Crippen molar-refractivity contribution < 1.29 is 0 Å². The molecule has 12 heavy (non-hydrogen) atoms. The zero-order chi connectivity index (χ0) is 8.97. The van der Waals surface area contributed by atoms with Crippen molar-refractivity contribution in [3.63, 3.8) is 0 Å². The number of thioether (sulfide) groups is 1. The van der Waals surface area contributed by atoms with Gasteiger partial charge in [-0.15, -0.1) is 0 Å². The van der Waals surface area contributed by atoms with E-state index in [0.717, 1.165) is 30.0 Å². The maximum absolute atomic E-state index is 5.22. The molecule has 1 N–H and O–H groups in total. The third-order valence-electron chi connectivity index (χ3n) is 2.09. The molecule has 0 aliphatic carbocycles. The van der Waals surface area contributed by atoms with Gasteiger partial charge in [0.2, 0.25) is 0 Å².